The number of nitrogens with zero attached hydrogens (tertiary/aromatic N) is 1. The number of rotatable bonds is 3. The first-order valence-corrected chi connectivity index (χ1v) is 8.31. The van der Waals surface area contributed by atoms with E-state index in [2.05, 4.69) is 41.0 Å². The van der Waals surface area contributed by atoms with Gasteiger partial charge < -0.3 is 4.74 Å². The van der Waals surface area contributed by atoms with Gasteiger partial charge in [-0.1, -0.05) is 48.6 Å². The molecule has 0 amide bonds. The fourth-order valence-electron chi connectivity index (χ4n) is 3.02. The van der Waals surface area contributed by atoms with E-state index in [1.165, 1.54) is 24.8 Å². The van der Waals surface area contributed by atoms with Gasteiger partial charge in [0, 0.05) is 5.56 Å². The highest BCUT2D eigenvalue weighted by atomic mass is 16.5. The molecular formula is C21H23NO. The molecule has 2 aromatic rings. The van der Waals surface area contributed by atoms with Gasteiger partial charge in [-0.25, -0.2) is 0 Å². The summed E-state index contributed by atoms with van der Waals surface area (Å²) in [5, 5.41) is 0. The molecule has 0 spiro atoms. The summed E-state index contributed by atoms with van der Waals surface area (Å²) < 4.78 is 5.27. The average Bonchev–Trinajstić information content (AvgIpc) is 2.64. The summed E-state index contributed by atoms with van der Waals surface area (Å²) in [6.07, 6.45) is 3.86. The Kier molecular flexibility index (Phi) is 5.34. The van der Waals surface area contributed by atoms with Crippen molar-refractivity contribution in [2.45, 2.75) is 25.3 Å². The van der Waals surface area contributed by atoms with Crippen LogP contribution in [-0.4, -0.2) is 25.1 Å². The highest BCUT2D eigenvalue weighted by molar-refractivity contribution is 5.39. The van der Waals surface area contributed by atoms with Gasteiger partial charge in [0.05, 0.1) is 13.2 Å². The van der Waals surface area contributed by atoms with Gasteiger partial charge in [-0.3, -0.25) is 4.90 Å². The normalized spacial score (nSPS) is 16.2. The van der Waals surface area contributed by atoms with Crippen molar-refractivity contribution in [1.29, 1.82) is 0 Å². The summed E-state index contributed by atoms with van der Waals surface area (Å²) in [6.45, 7) is 2.25. The van der Waals surface area contributed by atoms with E-state index in [-0.39, 0.29) is 6.04 Å². The fourth-order valence-corrected chi connectivity index (χ4v) is 3.02. The van der Waals surface area contributed by atoms with E-state index in [0.29, 0.717) is 0 Å². The fraction of sp³-hybridized carbons (Fsp3) is 0.333. The quantitative estimate of drug-likeness (QED) is 0.785. The molecule has 1 saturated heterocycles. The first-order valence-electron chi connectivity index (χ1n) is 8.31. The number of piperidine rings is 1. The molecule has 0 bridgehead atoms. The Balaban J connectivity index is 1.88. The number of hydrogen-bond acceptors (Lipinski definition) is 2. The van der Waals surface area contributed by atoms with Gasteiger partial charge >= 0.3 is 0 Å². The van der Waals surface area contributed by atoms with Crippen LogP contribution in [-0.2, 0) is 0 Å². The van der Waals surface area contributed by atoms with Crippen LogP contribution >= 0.6 is 0 Å². The zero-order chi connectivity index (χ0) is 15.9. The van der Waals surface area contributed by atoms with Crippen LogP contribution in [0.2, 0.25) is 0 Å². The Morgan fingerprint density at radius 3 is 2.26 bits per heavy atom. The predicted octanol–water partition coefficient (Wildman–Crippen LogP) is 4.27. The van der Waals surface area contributed by atoms with Crippen LogP contribution in [0.1, 0.15) is 36.4 Å². The van der Waals surface area contributed by atoms with Gasteiger partial charge in [0.15, 0.2) is 0 Å². The van der Waals surface area contributed by atoms with E-state index in [9.17, 15) is 0 Å². The molecule has 2 heteroatoms. The first-order chi connectivity index (χ1) is 11.4. The zero-order valence-corrected chi connectivity index (χ0v) is 13.7. The van der Waals surface area contributed by atoms with Crippen molar-refractivity contribution in [2.75, 3.05) is 20.2 Å². The van der Waals surface area contributed by atoms with Crippen LogP contribution in [0.3, 0.4) is 0 Å². The maximum atomic E-state index is 5.27. The van der Waals surface area contributed by atoms with Gasteiger partial charge in [-0.15, -0.1) is 0 Å². The molecule has 1 fully saturated rings. The Hall–Kier alpha value is -2.24. The molecule has 1 heterocycles. The Bertz CT molecular complexity index is 660. The van der Waals surface area contributed by atoms with Crippen LogP contribution < -0.4 is 4.74 Å². The minimum Gasteiger partial charge on any atom is -0.497 e. The molecule has 1 aliphatic rings. The van der Waals surface area contributed by atoms with E-state index in [4.69, 9.17) is 4.74 Å². The van der Waals surface area contributed by atoms with Crippen LogP contribution in [0, 0.1) is 11.8 Å². The molecule has 0 N–H and O–H groups in total. The first kappa shape index (κ1) is 15.6. The Labute approximate surface area is 139 Å². The Morgan fingerprint density at radius 1 is 0.913 bits per heavy atom. The SMILES string of the molecule is COc1ccc(C(C#Cc2ccccc2)N2CCCCC2)cc1. The molecule has 1 atom stereocenters. The summed E-state index contributed by atoms with van der Waals surface area (Å²) in [7, 11) is 1.70. The molecule has 23 heavy (non-hydrogen) atoms. The van der Waals surface area contributed by atoms with Crippen LogP contribution in [0.4, 0.5) is 0 Å². The van der Waals surface area contributed by atoms with Crippen molar-refractivity contribution in [3.05, 3.63) is 65.7 Å². The summed E-state index contributed by atoms with van der Waals surface area (Å²) in [5.74, 6) is 7.73. The second-order valence-corrected chi connectivity index (χ2v) is 5.91. The molecule has 1 aliphatic heterocycles. The van der Waals surface area contributed by atoms with Crippen LogP contribution in [0.5, 0.6) is 5.75 Å². The van der Waals surface area contributed by atoms with Crippen molar-refractivity contribution in [2.24, 2.45) is 0 Å². The van der Waals surface area contributed by atoms with E-state index in [1.54, 1.807) is 7.11 Å². The highest BCUT2D eigenvalue weighted by Gasteiger charge is 2.20. The van der Waals surface area contributed by atoms with E-state index < -0.39 is 0 Å². The lowest BCUT2D eigenvalue weighted by Crippen LogP contribution is -2.33. The third kappa shape index (κ3) is 4.15. The van der Waals surface area contributed by atoms with Crippen molar-refractivity contribution in [1.82, 2.24) is 4.90 Å². The summed E-state index contributed by atoms with van der Waals surface area (Å²) >= 11 is 0. The van der Waals surface area contributed by atoms with E-state index >= 15 is 0 Å². The maximum absolute atomic E-state index is 5.27. The van der Waals surface area contributed by atoms with Crippen molar-refractivity contribution in [3.8, 4) is 17.6 Å². The maximum Gasteiger partial charge on any atom is 0.118 e. The monoisotopic (exact) mass is 305 g/mol. The second-order valence-electron chi connectivity index (χ2n) is 5.91. The van der Waals surface area contributed by atoms with Gasteiger partial charge in [-0.2, -0.15) is 0 Å². The standard InChI is InChI=1S/C21H23NO/c1-23-20-13-11-19(12-14-20)21(22-16-6-3-7-17-22)15-10-18-8-4-2-5-9-18/h2,4-5,8-9,11-14,21H,3,6-7,16-17H2,1H3. The van der Waals surface area contributed by atoms with Gasteiger partial charge in [0.25, 0.3) is 0 Å². The average molecular weight is 305 g/mol. The largest absolute Gasteiger partial charge is 0.497 e. The van der Waals surface area contributed by atoms with E-state index in [0.717, 1.165) is 24.4 Å². The van der Waals surface area contributed by atoms with E-state index in [1.807, 2.05) is 30.3 Å². The number of benzene rings is 2. The molecule has 0 saturated carbocycles. The predicted molar refractivity (Wildman–Crippen MR) is 94.5 cm³/mol. The number of likely N-dealkylation sites (tertiary alicyclic amines) is 1. The molecule has 1 unspecified atom stereocenters. The molecule has 118 valence electrons. The summed E-state index contributed by atoms with van der Waals surface area (Å²) in [5.41, 5.74) is 2.32. The smallest absolute Gasteiger partial charge is 0.118 e. The molecule has 2 nitrogen and oxygen atoms in total. The van der Waals surface area contributed by atoms with Crippen molar-refractivity contribution in [3.63, 3.8) is 0 Å². The third-order valence-electron chi connectivity index (χ3n) is 4.31. The Morgan fingerprint density at radius 2 is 1.61 bits per heavy atom. The number of ether oxygens (including phenoxy) is 1. The molecule has 0 radical (unpaired) electrons. The van der Waals surface area contributed by atoms with Gasteiger partial charge in [-0.05, 0) is 55.8 Å². The third-order valence-corrected chi connectivity index (χ3v) is 4.31. The summed E-state index contributed by atoms with van der Waals surface area (Å²) in [4.78, 5) is 2.50. The number of methoxy groups -OCH3 is 1. The van der Waals surface area contributed by atoms with Gasteiger partial charge in [0.1, 0.15) is 5.75 Å². The molecule has 3 rings (SSSR count). The van der Waals surface area contributed by atoms with Crippen molar-refractivity contribution >= 4 is 0 Å². The highest BCUT2D eigenvalue weighted by Crippen LogP contribution is 2.25. The second kappa shape index (κ2) is 7.85. The zero-order valence-electron chi connectivity index (χ0n) is 13.7. The lowest BCUT2D eigenvalue weighted by atomic mass is 10.0. The lowest BCUT2D eigenvalue weighted by Gasteiger charge is -2.31. The molecule has 0 aromatic heterocycles. The molecule has 2 aromatic carbocycles. The van der Waals surface area contributed by atoms with Gasteiger partial charge in [0.2, 0.25) is 0 Å². The van der Waals surface area contributed by atoms with Crippen molar-refractivity contribution < 1.29 is 4.74 Å². The topological polar surface area (TPSA) is 12.5 Å². The lowest BCUT2D eigenvalue weighted by molar-refractivity contribution is 0.197. The molecular weight excluding hydrogens is 282 g/mol. The summed E-state index contributed by atoms with van der Waals surface area (Å²) in [6, 6.07) is 18.7. The molecule has 0 aliphatic carbocycles. The van der Waals surface area contributed by atoms with Crippen LogP contribution in [0.15, 0.2) is 54.6 Å². The minimum atomic E-state index is 0.154. The van der Waals surface area contributed by atoms with Crippen LogP contribution in [0.25, 0.3) is 0 Å². The minimum absolute atomic E-state index is 0.154. The number of hydrogen-bond donors (Lipinski definition) is 0.